The Kier molecular flexibility index (Phi) is 5.40. The summed E-state index contributed by atoms with van der Waals surface area (Å²) in [6.45, 7) is 4.97. The van der Waals surface area contributed by atoms with E-state index in [9.17, 15) is 13.2 Å². The predicted molar refractivity (Wildman–Crippen MR) is 76.9 cm³/mol. The van der Waals surface area contributed by atoms with E-state index in [2.05, 4.69) is 5.32 Å². The van der Waals surface area contributed by atoms with E-state index in [1.54, 1.807) is 4.90 Å². The molecule has 0 radical (unpaired) electrons. The number of quaternary nitrogens is 1. The van der Waals surface area contributed by atoms with Gasteiger partial charge in [0.15, 0.2) is 0 Å². The number of hydrogen-bond acceptors (Lipinski definition) is 3. The Morgan fingerprint density at radius 3 is 2.65 bits per heavy atom. The quantitative estimate of drug-likeness (QED) is 0.646. The van der Waals surface area contributed by atoms with E-state index < -0.39 is 10.0 Å². The zero-order valence-electron chi connectivity index (χ0n) is 12.2. The third-order valence-corrected chi connectivity index (χ3v) is 5.58. The van der Waals surface area contributed by atoms with Crippen molar-refractivity contribution in [2.75, 3.05) is 45.5 Å². The molecule has 2 aliphatic heterocycles. The van der Waals surface area contributed by atoms with Crippen LogP contribution in [0.3, 0.4) is 0 Å². The normalized spacial score (nSPS) is 25.8. The van der Waals surface area contributed by atoms with E-state index in [0.29, 0.717) is 19.6 Å². The molecule has 20 heavy (non-hydrogen) atoms. The largest absolute Gasteiger partial charge is 0.350 e. The number of carbonyl (C=O) groups is 1. The maximum atomic E-state index is 12.1. The van der Waals surface area contributed by atoms with Crippen LogP contribution < -0.4 is 10.2 Å². The van der Waals surface area contributed by atoms with Crippen molar-refractivity contribution < 1.29 is 18.1 Å². The molecule has 2 fully saturated rings. The van der Waals surface area contributed by atoms with Gasteiger partial charge in [0.05, 0.1) is 38.4 Å². The summed E-state index contributed by atoms with van der Waals surface area (Å²) in [6.07, 6.45) is 5.34. The van der Waals surface area contributed by atoms with Gasteiger partial charge in [-0.1, -0.05) is 0 Å². The number of piperidine rings is 1. The van der Waals surface area contributed by atoms with Gasteiger partial charge >= 0.3 is 0 Å². The van der Waals surface area contributed by atoms with Gasteiger partial charge in [-0.3, -0.25) is 4.79 Å². The minimum absolute atomic E-state index is 0.0111. The molecule has 7 heteroatoms. The molecule has 0 aliphatic carbocycles. The van der Waals surface area contributed by atoms with Gasteiger partial charge in [0.25, 0.3) is 0 Å². The molecule has 2 saturated heterocycles. The van der Waals surface area contributed by atoms with Gasteiger partial charge in [-0.05, 0) is 12.8 Å². The average molecular weight is 304 g/mol. The smallest absolute Gasteiger partial charge is 0.224 e. The predicted octanol–water partition coefficient (Wildman–Crippen LogP) is -1.55. The van der Waals surface area contributed by atoms with Crippen molar-refractivity contribution in [1.29, 1.82) is 0 Å². The lowest BCUT2D eigenvalue weighted by molar-refractivity contribution is -0.886. The molecular formula is C13H26N3O3S+. The molecule has 2 heterocycles. The van der Waals surface area contributed by atoms with Gasteiger partial charge in [0.2, 0.25) is 15.9 Å². The van der Waals surface area contributed by atoms with Crippen molar-refractivity contribution in [3.05, 3.63) is 0 Å². The second-order valence-electron chi connectivity index (χ2n) is 5.96. The van der Waals surface area contributed by atoms with Crippen LogP contribution in [-0.4, -0.2) is 64.2 Å². The molecule has 1 unspecified atom stereocenters. The Hall–Kier alpha value is -0.660. The van der Waals surface area contributed by atoms with Crippen molar-refractivity contribution in [1.82, 2.24) is 9.62 Å². The Bertz CT molecular complexity index is 432. The summed E-state index contributed by atoms with van der Waals surface area (Å²) in [4.78, 5) is 13.7. The minimum Gasteiger partial charge on any atom is -0.350 e. The first-order valence-electron chi connectivity index (χ1n) is 7.53. The van der Waals surface area contributed by atoms with Crippen LogP contribution in [0.4, 0.5) is 0 Å². The monoisotopic (exact) mass is 304 g/mol. The summed E-state index contributed by atoms with van der Waals surface area (Å²) in [5.41, 5.74) is 0. The van der Waals surface area contributed by atoms with Crippen molar-refractivity contribution in [3.8, 4) is 0 Å². The number of rotatable bonds is 5. The topological polar surface area (TPSA) is 70.9 Å². The second-order valence-corrected chi connectivity index (χ2v) is 7.94. The zero-order valence-corrected chi connectivity index (χ0v) is 13.0. The number of nitrogens with one attached hydrogen (secondary N) is 2. The summed E-state index contributed by atoms with van der Waals surface area (Å²) in [7, 11) is -3.18. The van der Waals surface area contributed by atoms with E-state index in [1.807, 2.05) is 0 Å². The summed E-state index contributed by atoms with van der Waals surface area (Å²) < 4.78 is 24.5. The van der Waals surface area contributed by atoms with Crippen LogP contribution in [0, 0.1) is 5.92 Å². The van der Waals surface area contributed by atoms with E-state index in [-0.39, 0.29) is 11.8 Å². The fraction of sp³-hybridized carbons (Fsp3) is 0.923. The van der Waals surface area contributed by atoms with E-state index >= 15 is 0 Å². The number of amides is 1. The van der Waals surface area contributed by atoms with Gasteiger partial charge in [-0.15, -0.1) is 0 Å². The van der Waals surface area contributed by atoms with Gasteiger partial charge in [0.1, 0.15) is 0 Å². The molecule has 0 saturated carbocycles. The third-order valence-electron chi connectivity index (χ3n) is 4.31. The standard InChI is InChI=1S/C13H25N3O3S/c1-20(18,19)16-9-4-5-12(11-16)13(17)14-6-10-15-7-2-3-8-15/h12H,2-11H2,1H3,(H,14,17)/p+1. The molecule has 0 aromatic rings. The summed E-state index contributed by atoms with van der Waals surface area (Å²) >= 11 is 0. The molecule has 1 amide bonds. The minimum atomic E-state index is -3.18. The highest BCUT2D eigenvalue weighted by molar-refractivity contribution is 7.88. The van der Waals surface area contributed by atoms with Crippen LogP contribution >= 0.6 is 0 Å². The molecule has 6 nitrogen and oxygen atoms in total. The van der Waals surface area contributed by atoms with E-state index in [1.165, 1.54) is 36.5 Å². The Morgan fingerprint density at radius 1 is 1.30 bits per heavy atom. The first kappa shape index (κ1) is 15.7. The fourth-order valence-corrected chi connectivity index (χ4v) is 4.00. The van der Waals surface area contributed by atoms with Gasteiger partial charge < -0.3 is 10.2 Å². The van der Waals surface area contributed by atoms with Crippen LogP contribution in [0.25, 0.3) is 0 Å². The third kappa shape index (κ3) is 4.43. The van der Waals surface area contributed by atoms with Crippen molar-refractivity contribution in [3.63, 3.8) is 0 Å². The Morgan fingerprint density at radius 2 is 2.00 bits per heavy atom. The second kappa shape index (κ2) is 6.87. The van der Waals surface area contributed by atoms with Crippen LogP contribution in [0.2, 0.25) is 0 Å². The highest BCUT2D eigenvalue weighted by atomic mass is 32.2. The Labute approximate surface area is 121 Å². The molecular weight excluding hydrogens is 278 g/mol. The maximum Gasteiger partial charge on any atom is 0.224 e. The lowest BCUT2D eigenvalue weighted by Gasteiger charge is -2.30. The fourth-order valence-electron chi connectivity index (χ4n) is 3.09. The van der Waals surface area contributed by atoms with Crippen LogP contribution in [0.15, 0.2) is 0 Å². The van der Waals surface area contributed by atoms with Crippen molar-refractivity contribution in [2.45, 2.75) is 25.7 Å². The maximum absolute atomic E-state index is 12.1. The summed E-state index contributed by atoms with van der Waals surface area (Å²) in [5.74, 6) is -0.177. The number of sulfonamides is 1. The van der Waals surface area contributed by atoms with Crippen LogP contribution in [0.1, 0.15) is 25.7 Å². The van der Waals surface area contributed by atoms with Gasteiger partial charge in [-0.25, -0.2) is 12.7 Å². The SMILES string of the molecule is CS(=O)(=O)N1CCCC(C(=O)NCC[NH+]2CCCC2)C1. The number of likely N-dealkylation sites (tertiary alicyclic amines) is 1. The lowest BCUT2D eigenvalue weighted by atomic mass is 9.99. The van der Waals surface area contributed by atoms with Crippen LogP contribution in [0.5, 0.6) is 0 Å². The summed E-state index contributed by atoms with van der Waals surface area (Å²) in [6, 6.07) is 0. The molecule has 0 aromatic heterocycles. The molecule has 1 atom stereocenters. The molecule has 0 spiro atoms. The van der Waals surface area contributed by atoms with Crippen molar-refractivity contribution >= 4 is 15.9 Å². The first-order valence-corrected chi connectivity index (χ1v) is 9.38. The number of nitrogens with zero attached hydrogens (tertiary/aromatic N) is 1. The van der Waals surface area contributed by atoms with Gasteiger partial charge in [-0.2, -0.15) is 0 Å². The molecule has 2 aliphatic rings. The first-order chi connectivity index (χ1) is 9.47. The zero-order chi connectivity index (χ0) is 14.6. The van der Waals surface area contributed by atoms with Gasteiger partial charge in [0, 0.05) is 25.9 Å². The molecule has 2 rings (SSSR count). The van der Waals surface area contributed by atoms with E-state index in [0.717, 1.165) is 19.4 Å². The molecule has 2 N–H and O–H groups in total. The lowest BCUT2D eigenvalue weighted by Crippen LogP contribution is -3.10. The highest BCUT2D eigenvalue weighted by Crippen LogP contribution is 2.18. The average Bonchev–Trinajstić information content (AvgIpc) is 2.91. The van der Waals surface area contributed by atoms with Crippen molar-refractivity contribution in [2.24, 2.45) is 5.92 Å². The molecule has 0 bridgehead atoms. The highest BCUT2D eigenvalue weighted by Gasteiger charge is 2.30. The van der Waals surface area contributed by atoms with Crippen LogP contribution in [-0.2, 0) is 14.8 Å². The Balaban J connectivity index is 1.74. The van der Waals surface area contributed by atoms with E-state index in [4.69, 9.17) is 0 Å². The molecule has 116 valence electrons. The molecule has 0 aromatic carbocycles. The summed E-state index contributed by atoms with van der Waals surface area (Å²) in [5, 5.41) is 2.97. The number of carbonyl (C=O) groups excluding carboxylic acids is 1. The number of hydrogen-bond donors (Lipinski definition) is 2.